The van der Waals surface area contributed by atoms with Gasteiger partial charge in [-0.1, -0.05) is 30.8 Å². The summed E-state index contributed by atoms with van der Waals surface area (Å²) in [5, 5.41) is 9.94. The number of aromatic amines is 1. The van der Waals surface area contributed by atoms with Crippen LogP contribution in [-0.4, -0.2) is 32.1 Å². The van der Waals surface area contributed by atoms with Crippen molar-refractivity contribution in [3.8, 4) is 0 Å². The lowest BCUT2D eigenvalue weighted by molar-refractivity contribution is -0.115. The van der Waals surface area contributed by atoms with Gasteiger partial charge in [0.15, 0.2) is 5.78 Å². The fraction of sp³-hybridized carbons (Fsp3) is 0.375. The molecule has 122 valence electrons. The zero-order chi connectivity index (χ0) is 16.8. The lowest BCUT2D eigenvalue weighted by atomic mass is 10.1. The van der Waals surface area contributed by atoms with Crippen LogP contribution in [0.5, 0.6) is 0 Å². The van der Waals surface area contributed by atoms with Crippen molar-refractivity contribution < 1.29 is 9.59 Å². The van der Waals surface area contributed by atoms with Crippen molar-refractivity contribution in [2.75, 3.05) is 5.32 Å². The molecule has 1 heterocycles. The van der Waals surface area contributed by atoms with Crippen LogP contribution in [0, 0.1) is 0 Å². The van der Waals surface area contributed by atoms with E-state index in [1.165, 1.54) is 18.7 Å². The molecule has 7 heteroatoms. The Hall–Kier alpha value is -2.15. The Balaban J connectivity index is 2.01. The molecule has 1 amide bonds. The van der Waals surface area contributed by atoms with Crippen LogP contribution >= 0.6 is 11.8 Å². The number of H-pyrrole nitrogens is 1. The number of nitrogens with zero attached hydrogens (tertiary/aromatic N) is 2. The largest absolute Gasteiger partial charge is 0.324 e. The molecule has 23 heavy (non-hydrogen) atoms. The second-order valence-electron chi connectivity index (χ2n) is 5.17. The molecule has 0 spiro atoms. The number of anilines is 1. The van der Waals surface area contributed by atoms with E-state index in [-0.39, 0.29) is 16.9 Å². The Morgan fingerprint density at radius 2 is 2.09 bits per heavy atom. The van der Waals surface area contributed by atoms with E-state index in [1.54, 1.807) is 31.2 Å². The third-order valence-corrected chi connectivity index (χ3v) is 4.17. The second kappa shape index (κ2) is 7.92. The molecular formula is C16H20N4O2S. The topological polar surface area (TPSA) is 87.7 Å². The number of rotatable bonds is 7. The van der Waals surface area contributed by atoms with Gasteiger partial charge in [0.1, 0.15) is 5.82 Å². The lowest BCUT2D eigenvalue weighted by Crippen LogP contribution is -2.23. The summed E-state index contributed by atoms with van der Waals surface area (Å²) in [6, 6.07) is 6.97. The zero-order valence-electron chi connectivity index (χ0n) is 13.4. The van der Waals surface area contributed by atoms with Gasteiger partial charge in [-0.05, 0) is 32.4 Å². The van der Waals surface area contributed by atoms with E-state index in [9.17, 15) is 9.59 Å². The Kier molecular flexibility index (Phi) is 5.92. The number of para-hydroxylation sites is 1. The van der Waals surface area contributed by atoms with Crippen LogP contribution in [0.4, 0.5) is 5.69 Å². The monoisotopic (exact) mass is 332 g/mol. The van der Waals surface area contributed by atoms with Gasteiger partial charge in [0.05, 0.1) is 10.9 Å². The number of carbonyl (C=O) groups excluding carboxylic acids is 2. The Labute approximate surface area is 139 Å². The van der Waals surface area contributed by atoms with Crippen molar-refractivity contribution in [2.24, 2.45) is 0 Å². The molecule has 0 fully saturated rings. The van der Waals surface area contributed by atoms with Crippen LogP contribution < -0.4 is 5.32 Å². The highest BCUT2D eigenvalue weighted by atomic mass is 32.2. The van der Waals surface area contributed by atoms with E-state index < -0.39 is 0 Å². The summed E-state index contributed by atoms with van der Waals surface area (Å²) >= 11 is 1.28. The van der Waals surface area contributed by atoms with Crippen LogP contribution in [-0.2, 0) is 11.2 Å². The van der Waals surface area contributed by atoms with Gasteiger partial charge in [-0.15, -0.1) is 5.10 Å². The summed E-state index contributed by atoms with van der Waals surface area (Å²) in [5.74, 6) is 0.550. The number of hydrogen-bond acceptors (Lipinski definition) is 5. The maximum absolute atomic E-state index is 12.3. The van der Waals surface area contributed by atoms with E-state index in [2.05, 4.69) is 27.4 Å². The molecule has 0 saturated heterocycles. The average molecular weight is 332 g/mol. The summed E-state index contributed by atoms with van der Waals surface area (Å²) in [4.78, 5) is 28.2. The highest BCUT2D eigenvalue weighted by Gasteiger charge is 2.18. The number of aryl methyl sites for hydroxylation is 1. The first-order valence-corrected chi connectivity index (χ1v) is 8.38. The molecule has 0 saturated carbocycles. The fourth-order valence-corrected chi connectivity index (χ4v) is 2.77. The summed E-state index contributed by atoms with van der Waals surface area (Å²) in [5.41, 5.74) is 1.03. The van der Waals surface area contributed by atoms with Crippen LogP contribution in [0.1, 0.15) is 43.4 Å². The first-order valence-electron chi connectivity index (χ1n) is 7.50. The number of Topliss-reactive ketones (excluding diaryl/α,β-unsaturated/α-hetero) is 1. The molecule has 0 radical (unpaired) electrons. The average Bonchev–Trinajstić information content (AvgIpc) is 2.95. The van der Waals surface area contributed by atoms with Crippen molar-refractivity contribution in [3.63, 3.8) is 0 Å². The van der Waals surface area contributed by atoms with Crippen LogP contribution in [0.2, 0.25) is 0 Å². The predicted molar refractivity (Wildman–Crippen MR) is 90.8 cm³/mol. The van der Waals surface area contributed by atoms with Gasteiger partial charge in [0.2, 0.25) is 11.1 Å². The molecule has 1 atom stereocenters. The lowest BCUT2D eigenvalue weighted by Gasteiger charge is -2.12. The van der Waals surface area contributed by atoms with Crippen molar-refractivity contribution in [1.29, 1.82) is 0 Å². The van der Waals surface area contributed by atoms with Gasteiger partial charge in [0.25, 0.3) is 0 Å². The van der Waals surface area contributed by atoms with Crippen molar-refractivity contribution in [3.05, 3.63) is 35.7 Å². The van der Waals surface area contributed by atoms with Crippen LogP contribution in [0.3, 0.4) is 0 Å². The molecule has 0 aliphatic carbocycles. The summed E-state index contributed by atoms with van der Waals surface area (Å²) in [7, 11) is 0. The van der Waals surface area contributed by atoms with Crippen molar-refractivity contribution >= 4 is 29.1 Å². The first kappa shape index (κ1) is 17.2. The van der Waals surface area contributed by atoms with Gasteiger partial charge >= 0.3 is 0 Å². The van der Waals surface area contributed by atoms with Gasteiger partial charge < -0.3 is 5.32 Å². The highest BCUT2D eigenvalue weighted by molar-refractivity contribution is 8.00. The molecule has 1 unspecified atom stereocenters. The summed E-state index contributed by atoms with van der Waals surface area (Å²) < 4.78 is 0. The molecule has 0 aliphatic heterocycles. The number of nitrogens with one attached hydrogen (secondary N) is 2. The molecule has 2 aromatic rings. The molecule has 2 N–H and O–H groups in total. The molecule has 0 aliphatic rings. The normalized spacial score (nSPS) is 12.0. The molecule has 6 nitrogen and oxygen atoms in total. The molecular weight excluding hydrogens is 312 g/mol. The SMILES string of the molecule is CCCc1nc(SC(C)C(=O)Nc2ccccc2C(C)=O)n[nH]1. The van der Waals surface area contributed by atoms with E-state index in [1.807, 2.05) is 0 Å². The highest BCUT2D eigenvalue weighted by Crippen LogP contribution is 2.22. The molecule has 1 aromatic carbocycles. The first-order chi connectivity index (χ1) is 11.0. The number of carbonyl (C=O) groups is 2. The number of ketones is 1. The summed E-state index contributed by atoms with van der Waals surface area (Å²) in [6.07, 6.45) is 1.82. The zero-order valence-corrected chi connectivity index (χ0v) is 14.2. The molecule has 0 bridgehead atoms. The summed E-state index contributed by atoms with van der Waals surface area (Å²) in [6.45, 7) is 5.33. The minimum absolute atomic E-state index is 0.0839. The standard InChI is InChI=1S/C16H20N4O2S/c1-4-7-14-18-16(20-19-14)23-11(3)15(22)17-13-9-6-5-8-12(13)10(2)21/h5-6,8-9,11H,4,7H2,1-3H3,(H,17,22)(H,18,19,20). The number of aromatic nitrogens is 3. The quantitative estimate of drug-likeness (QED) is 0.601. The maximum atomic E-state index is 12.3. The molecule has 1 aromatic heterocycles. The van der Waals surface area contributed by atoms with Gasteiger partial charge in [-0.3, -0.25) is 14.7 Å². The minimum atomic E-state index is -0.375. The number of benzene rings is 1. The Bertz CT molecular complexity index is 699. The van der Waals surface area contributed by atoms with E-state index in [0.29, 0.717) is 16.4 Å². The number of amides is 1. The Morgan fingerprint density at radius 1 is 1.35 bits per heavy atom. The van der Waals surface area contributed by atoms with Crippen LogP contribution in [0.25, 0.3) is 0 Å². The van der Waals surface area contributed by atoms with Gasteiger partial charge in [-0.2, -0.15) is 0 Å². The smallest absolute Gasteiger partial charge is 0.237 e. The Morgan fingerprint density at radius 3 is 2.78 bits per heavy atom. The van der Waals surface area contributed by atoms with E-state index in [4.69, 9.17) is 0 Å². The van der Waals surface area contributed by atoms with E-state index >= 15 is 0 Å². The third kappa shape index (κ3) is 4.66. The van der Waals surface area contributed by atoms with Crippen molar-refractivity contribution in [1.82, 2.24) is 15.2 Å². The minimum Gasteiger partial charge on any atom is -0.324 e. The van der Waals surface area contributed by atoms with Crippen molar-refractivity contribution in [2.45, 2.75) is 44.0 Å². The second-order valence-corrected chi connectivity index (χ2v) is 6.47. The molecule has 2 rings (SSSR count). The predicted octanol–water partition coefficient (Wildman–Crippen LogP) is 3.08. The third-order valence-electron chi connectivity index (χ3n) is 3.21. The number of hydrogen-bond donors (Lipinski definition) is 2. The van der Waals surface area contributed by atoms with Gasteiger partial charge in [-0.25, -0.2) is 4.98 Å². The van der Waals surface area contributed by atoms with E-state index in [0.717, 1.165) is 18.7 Å². The van der Waals surface area contributed by atoms with Crippen LogP contribution in [0.15, 0.2) is 29.4 Å². The van der Waals surface area contributed by atoms with Gasteiger partial charge in [0, 0.05) is 12.0 Å². The maximum Gasteiger partial charge on any atom is 0.237 e. The number of thioether (sulfide) groups is 1. The fourth-order valence-electron chi connectivity index (χ4n) is 2.02.